The van der Waals surface area contributed by atoms with E-state index in [1.54, 1.807) is 61.7 Å². The summed E-state index contributed by atoms with van der Waals surface area (Å²) < 4.78 is 37.6. The number of esters is 1. The van der Waals surface area contributed by atoms with Crippen molar-refractivity contribution in [3.63, 3.8) is 0 Å². The predicted molar refractivity (Wildman–Crippen MR) is 121 cm³/mol. The molecule has 1 aliphatic rings. The lowest BCUT2D eigenvalue weighted by molar-refractivity contribution is -0.119. The van der Waals surface area contributed by atoms with Crippen LogP contribution in [0.15, 0.2) is 77.7 Å². The van der Waals surface area contributed by atoms with E-state index in [0.29, 0.717) is 22.7 Å². The molecular weight excluding hydrogens is 446 g/mol. The number of sulfonamides is 1. The van der Waals surface area contributed by atoms with Gasteiger partial charge >= 0.3 is 5.97 Å². The summed E-state index contributed by atoms with van der Waals surface area (Å²) in [5.74, 6) is -0.498. The van der Waals surface area contributed by atoms with E-state index in [2.05, 4.69) is 15.4 Å². The van der Waals surface area contributed by atoms with E-state index in [4.69, 9.17) is 9.47 Å². The Bertz CT molecular complexity index is 1270. The molecule has 0 aromatic heterocycles. The average Bonchev–Trinajstić information content (AvgIpc) is 2.83. The average molecular weight is 468 g/mol. The highest BCUT2D eigenvalue weighted by Crippen LogP contribution is 2.30. The number of rotatable bonds is 6. The van der Waals surface area contributed by atoms with Crippen LogP contribution < -0.4 is 20.1 Å². The summed E-state index contributed by atoms with van der Waals surface area (Å²) in [5, 5.41) is 5.74. The van der Waals surface area contributed by atoms with Gasteiger partial charge in [-0.3, -0.25) is 4.79 Å². The lowest BCUT2D eigenvalue weighted by atomic mass is 10.1. The molecular formula is C23H21N3O6S. The fraction of sp³-hybridized carbons (Fsp3) is 0.130. The van der Waals surface area contributed by atoms with Gasteiger partial charge in [0.25, 0.3) is 5.91 Å². The molecule has 3 aromatic rings. The van der Waals surface area contributed by atoms with Crippen LogP contribution in [0.25, 0.3) is 0 Å². The summed E-state index contributed by atoms with van der Waals surface area (Å²) in [5.41, 5.74) is 1.88. The number of para-hydroxylation sites is 1. The second-order valence-electron chi connectivity index (χ2n) is 7.17. The fourth-order valence-corrected chi connectivity index (χ4v) is 4.58. The molecule has 3 aromatic carbocycles. The van der Waals surface area contributed by atoms with Crippen molar-refractivity contribution in [2.24, 2.45) is 0 Å². The lowest BCUT2D eigenvalue weighted by Crippen LogP contribution is -2.38. The minimum Gasteiger partial charge on any atom is -0.497 e. The first-order valence-electron chi connectivity index (χ1n) is 9.94. The summed E-state index contributed by atoms with van der Waals surface area (Å²) in [7, 11) is -2.13. The fourth-order valence-electron chi connectivity index (χ4n) is 3.27. The van der Waals surface area contributed by atoms with Crippen molar-refractivity contribution in [3.8, 4) is 5.75 Å². The Morgan fingerprint density at radius 3 is 2.36 bits per heavy atom. The highest BCUT2D eigenvalue weighted by atomic mass is 32.2. The lowest BCUT2D eigenvalue weighted by Gasteiger charge is -2.28. The third kappa shape index (κ3) is 5.13. The second-order valence-corrected chi connectivity index (χ2v) is 8.85. The molecule has 4 rings (SSSR count). The number of carbonyl (C=O) groups is 2. The number of amides is 1. The highest BCUT2D eigenvalue weighted by molar-refractivity contribution is 7.89. The van der Waals surface area contributed by atoms with Gasteiger partial charge in [0, 0.05) is 5.69 Å². The Labute approximate surface area is 190 Å². The standard InChI is InChI=1S/C23H21N3O6S/c1-31-18-12-10-17(11-13-18)24-21(27)14-32-23(28)16-8-6-15(7-9-16)22-25-19-4-2-3-5-20(19)33(29,30)26-22/h2-13,22,25-26H,14H2,1H3,(H,24,27). The van der Waals surface area contributed by atoms with E-state index in [1.165, 1.54) is 18.2 Å². The van der Waals surface area contributed by atoms with Crippen LogP contribution in [0.1, 0.15) is 22.1 Å². The van der Waals surface area contributed by atoms with E-state index in [-0.39, 0.29) is 10.5 Å². The molecule has 0 aliphatic carbocycles. The zero-order chi connectivity index (χ0) is 23.4. The van der Waals surface area contributed by atoms with E-state index >= 15 is 0 Å². The molecule has 1 heterocycles. The Hall–Kier alpha value is -3.89. The van der Waals surface area contributed by atoms with Gasteiger partial charge in [-0.1, -0.05) is 24.3 Å². The van der Waals surface area contributed by atoms with Gasteiger partial charge < -0.3 is 20.1 Å². The largest absolute Gasteiger partial charge is 0.497 e. The Balaban J connectivity index is 1.35. The van der Waals surface area contributed by atoms with Crippen LogP contribution in [-0.4, -0.2) is 34.0 Å². The topological polar surface area (TPSA) is 123 Å². The number of carbonyl (C=O) groups excluding carboxylic acids is 2. The van der Waals surface area contributed by atoms with Crippen molar-refractivity contribution < 1.29 is 27.5 Å². The molecule has 1 aliphatic heterocycles. The first-order chi connectivity index (χ1) is 15.9. The number of hydrogen-bond acceptors (Lipinski definition) is 7. The van der Waals surface area contributed by atoms with Crippen LogP contribution in [-0.2, 0) is 19.6 Å². The quantitative estimate of drug-likeness (QED) is 0.477. The number of anilines is 2. The van der Waals surface area contributed by atoms with Crippen molar-refractivity contribution >= 4 is 33.3 Å². The molecule has 1 unspecified atom stereocenters. The maximum absolute atomic E-state index is 12.5. The molecule has 0 saturated carbocycles. The zero-order valence-corrected chi connectivity index (χ0v) is 18.4. The SMILES string of the molecule is COc1ccc(NC(=O)COC(=O)c2ccc(C3Nc4ccccc4S(=O)(=O)N3)cc2)cc1. The van der Waals surface area contributed by atoms with Gasteiger partial charge in [0.15, 0.2) is 6.61 Å². The van der Waals surface area contributed by atoms with Gasteiger partial charge in [-0.2, -0.15) is 4.72 Å². The first-order valence-corrected chi connectivity index (χ1v) is 11.4. The monoisotopic (exact) mass is 467 g/mol. The van der Waals surface area contributed by atoms with Crippen molar-refractivity contribution in [3.05, 3.63) is 83.9 Å². The molecule has 0 spiro atoms. The van der Waals surface area contributed by atoms with Crippen molar-refractivity contribution in [1.82, 2.24) is 4.72 Å². The first kappa shape index (κ1) is 22.3. The Morgan fingerprint density at radius 2 is 1.67 bits per heavy atom. The Kier molecular flexibility index (Phi) is 6.29. The number of nitrogens with one attached hydrogen (secondary N) is 3. The maximum atomic E-state index is 12.5. The number of benzene rings is 3. The van der Waals surface area contributed by atoms with Gasteiger partial charge in [0.2, 0.25) is 10.0 Å². The second kappa shape index (κ2) is 9.31. The van der Waals surface area contributed by atoms with E-state index in [1.807, 2.05) is 0 Å². The van der Waals surface area contributed by atoms with Crippen molar-refractivity contribution in [1.29, 1.82) is 0 Å². The molecule has 9 nitrogen and oxygen atoms in total. The van der Waals surface area contributed by atoms with Crippen LogP contribution in [0.5, 0.6) is 5.75 Å². The molecule has 1 amide bonds. The Morgan fingerprint density at radius 1 is 0.970 bits per heavy atom. The van der Waals surface area contributed by atoms with Crippen LogP contribution in [0.4, 0.5) is 11.4 Å². The molecule has 0 saturated heterocycles. The van der Waals surface area contributed by atoms with E-state index in [0.717, 1.165) is 0 Å². The molecule has 10 heteroatoms. The molecule has 170 valence electrons. The molecule has 1 atom stereocenters. The third-order valence-electron chi connectivity index (χ3n) is 4.94. The molecule has 0 radical (unpaired) electrons. The minimum absolute atomic E-state index is 0.175. The number of fused-ring (bicyclic) bond motifs is 1. The van der Waals surface area contributed by atoms with Gasteiger partial charge in [0.05, 0.1) is 18.4 Å². The summed E-state index contributed by atoms with van der Waals surface area (Å²) in [6.45, 7) is -0.451. The summed E-state index contributed by atoms with van der Waals surface area (Å²) in [6.07, 6.45) is -0.690. The highest BCUT2D eigenvalue weighted by Gasteiger charge is 2.29. The van der Waals surface area contributed by atoms with Crippen LogP contribution in [0, 0.1) is 0 Å². The molecule has 0 bridgehead atoms. The molecule has 0 fully saturated rings. The van der Waals surface area contributed by atoms with E-state index < -0.39 is 34.7 Å². The van der Waals surface area contributed by atoms with Crippen molar-refractivity contribution in [2.75, 3.05) is 24.4 Å². The number of methoxy groups -OCH3 is 1. The third-order valence-corrected chi connectivity index (χ3v) is 6.42. The van der Waals surface area contributed by atoms with Gasteiger partial charge in [-0.05, 0) is 54.1 Å². The molecule has 33 heavy (non-hydrogen) atoms. The van der Waals surface area contributed by atoms with Gasteiger partial charge in [0.1, 0.15) is 16.8 Å². The number of hydrogen-bond donors (Lipinski definition) is 3. The minimum atomic E-state index is -3.67. The van der Waals surface area contributed by atoms with Crippen molar-refractivity contribution in [2.45, 2.75) is 11.1 Å². The summed E-state index contributed by atoms with van der Waals surface area (Å²) in [4.78, 5) is 24.5. The maximum Gasteiger partial charge on any atom is 0.338 e. The van der Waals surface area contributed by atoms with Gasteiger partial charge in [-0.25, -0.2) is 13.2 Å². The predicted octanol–water partition coefficient (Wildman–Crippen LogP) is 2.89. The molecule has 3 N–H and O–H groups in total. The van der Waals surface area contributed by atoms with Crippen LogP contribution >= 0.6 is 0 Å². The smallest absolute Gasteiger partial charge is 0.338 e. The normalized spacial score (nSPS) is 16.1. The summed E-state index contributed by atoms with van der Waals surface area (Å²) in [6, 6.07) is 19.6. The van der Waals surface area contributed by atoms with E-state index in [9.17, 15) is 18.0 Å². The van der Waals surface area contributed by atoms with Gasteiger partial charge in [-0.15, -0.1) is 0 Å². The van der Waals surface area contributed by atoms with Crippen LogP contribution in [0.3, 0.4) is 0 Å². The zero-order valence-electron chi connectivity index (χ0n) is 17.6. The van der Waals surface area contributed by atoms with Crippen LogP contribution in [0.2, 0.25) is 0 Å². The number of ether oxygens (including phenoxy) is 2. The summed E-state index contributed by atoms with van der Waals surface area (Å²) >= 11 is 0.